The van der Waals surface area contributed by atoms with E-state index in [1.807, 2.05) is 0 Å². The molecule has 0 spiro atoms. The predicted molar refractivity (Wildman–Crippen MR) is 99.9 cm³/mol. The van der Waals surface area contributed by atoms with Gasteiger partial charge in [-0.3, -0.25) is 0 Å². The maximum absolute atomic E-state index is 10.5. The van der Waals surface area contributed by atoms with E-state index in [2.05, 4.69) is 0 Å². The Balaban J connectivity index is 1.94. The summed E-state index contributed by atoms with van der Waals surface area (Å²) in [5.41, 5.74) is 5.43. The molecule has 12 nitrogen and oxygen atoms in total. The molecule has 178 valence electrons. The lowest BCUT2D eigenvalue weighted by molar-refractivity contribution is -0.359. The second kappa shape index (κ2) is 12.5. The summed E-state index contributed by atoms with van der Waals surface area (Å²) in [5, 5.41) is 69.5. The molecule has 0 amide bonds. The molecule has 0 saturated carbocycles. The van der Waals surface area contributed by atoms with Gasteiger partial charge in [0.25, 0.3) is 0 Å². The Labute approximate surface area is 174 Å². The van der Waals surface area contributed by atoms with Crippen LogP contribution in [-0.4, -0.2) is 124 Å². The van der Waals surface area contributed by atoms with Gasteiger partial charge in [-0.25, -0.2) is 0 Å². The highest BCUT2D eigenvalue weighted by atomic mass is 16.7. The van der Waals surface area contributed by atoms with Crippen molar-refractivity contribution in [2.45, 2.75) is 87.1 Å². The normalized spacial score (nSPS) is 42.4. The van der Waals surface area contributed by atoms with Gasteiger partial charge in [0, 0.05) is 6.61 Å². The molecule has 2 aliphatic heterocycles. The van der Waals surface area contributed by atoms with Crippen LogP contribution in [-0.2, 0) is 18.9 Å². The first kappa shape index (κ1) is 25.8. The summed E-state index contributed by atoms with van der Waals surface area (Å²) in [6.07, 6.45) is -11.0. The van der Waals surface area contributed by atoms with Crippen molar-refractivity contribution in [2.24, 2.45) is 5.73 Å². The van der Waals surface area contributed by atoms with E-state index in [0.29, 0.717) is 13.0 Å². The molecule has 9 N–H and O–H groups in total. The number of unbranched alkanes of at least 4 members (excludes halogenated alkanes) is 3. The lowest BCUT2D eigenvalue weighted by Gasteiger charge is -2.45. The fraction of sp³-hybridized carbons (Fsp3) is 1.00. The molecular weight excluding hydrogens is 406 g/mol. The number of aliphatic hydroxyl groups is 7. The van der Waals surface area contributed by atoms with E-state index in [1.165, 1.54) is 0 Å². The number of nitrogens with two attached hydrogens (primary N) is 1. The summed E-state index contributed by atoms with van der Waals surface area (Å²) in [6, 6.07) is 0. The highest BCUT2D eigenvalue weighted by Crippen LogP contribution is 2.29. The molecule has 10 atom stereocenters. The summed E-state index contributed by atoms with van der Waals surface area (Å²) in [7, 11) is 0. The lowest BCUT2D eigenvalue weighted by Crippen LogP contribution is -2.64. The van der Waals surface area contributed by atoms with Gasteiger partial charge in [0.15, 0.2) is 12.6 Å². The first-order valence-electron chi connectivity index (χ1n) is 10.3. The number of hydrogen-bond donors (Lipinski definition) is 8. The number of hydrogen-bond acceptors (Lipinski definition) is 12. The van der Waals surface area contributed by atoms with E-state index < -0.39 is 74.6 Å². The minimum absolute atomic E-state index is 0.273. The average Bonchev–Trinajstić information content (AvgIpc) is 2.75. The van der Waals surface area contributed by atoms with Crippen molar-refractivity contribution in [3.63, 3.8) is 0 Å². The van der Waals surface area contributed by atoms with Crippen LogP contribution in [0.15, 0.2) is 0 Å². The zero-order chi connectivity index (χ0) is 22.3. The molecule has 2 saturated heterocycles. The van der Waals surface area contributed by atoms with E-state index in [9.17, 15) is 35.7 Å². The predicted octanol–water partition coefficient (Wildman–Crippen LogP) is -3.85. The van der Waals surface area contributed by atoms with Crippen molar-refractivity contribution >= 4 is 0 Å². The van der Waals surface area contributed by atoms with Gasteiger partial charge in [0.1, 0.15) is 48.8 Å². The molecule has 0 aliphatic carbocycles. The van der Waals surface area contributed by atoms with Gasteiger partial charge in [-0.05, 0) is 19.4 Å². The zero-order valence-electron chi connectivity index (χ0n) is 16.8. The van der Waals surface area contributed by atoms with Crippen molar-refractivity contribution in [1.29, 1.82) is 0 Å². The molecule has 0 radical (unpaired) electrons. The van der Waals surface area contributed by atoms with E-state index in [1.54, 1.807) is 0 Å². The van der Waals surface area contributed by atoms with Crippen molar-refractivity contribution in [1.82, 2.24) is 0 Å². The average molecular weight is 441 g/mol. The van der Waals surface area contributed by atoms with Crippen molar-refractivity contribution < 1.29 is 54.7 Å². The zero-order valence-corrected chi connectivity index (χ0v) is 16.8. The molecule has 0 aromatic heterocycles. The molecule has 2 aliphatic rings. The molecule has 2 heterocycles. The summed E-state index contributed by atoms with van der Waals surface area (Å²) < 4.78 is 21.7. The van der Waals surface area contributed by atoms with Crippen LogP contribution in [0, 0.1) is 0 Å². The molecule has 30 heavy (non-hydrogen) atoms. The number of rotatable bonds is 11. The second-order valence-corrected chi connectivity index (χ2v) is 7.58. The molecule has 4 unspecified atom stereocenters. The van der Waals surface area contributed by atoms with Gasteiger partial charge in [-0.15, -0.1) is 0 Å². The van der Waals surface area contributed by atoms with Crippen LogP contribution in [0.25, 0.3) is 0 Å². The third-order valence-corrected chi connectivity index (χ3v) is 5.34. The molecule has 2 fully saturated rings. The Hall–Kier alpha value is -0.480. The van der Waals surface area contributed by atoms with Crippen LogP contribution in [0.3, 0.4) is 0 Å². The van der Waals surface area contributed by atoms with E-state index in [4.69, 9.17) is 24.7 Å². The largest absolute Gasteiger partial charge is 0.394 e. The van der Waals surface area contributed by atoms with Gasteiger partial charge in [0.2, 0.25) is 0 Å². The Bertz CT molecular complexity index is 483. The lowest BCUT2D eigenvalue weighted by atomic mass is 9.97. The summed E-state index contributed by atoms with van der Waals surface area (Å²) in [5.74, 6) is 0. The Kier molecular flexibility index (Phi) is 10.8. The highest BCUT2D eigenvalue weighted by Gasteiger charge is 2.50. The van der Waals surface area contributed by atoms with E-state index in [0.717, 1.165) is 19.3 Å². The quantitative estimate of drug-likeness (QED) is 0.145. The van der Waals surface area contributed by atoms with E-state index in [-0.39, 0.29) is 6.61 Å². The van der Waals surface area contributed by atoms with E-state index >= 15 is 0 Å². The van der Waals surface area contributed by atoms with Crippen LogP contribution in [0.5, 0.6) is 0 Å². The topological polar surface area (TPSA) is 205 Å². The molecule has 12 heteroatoms. The fourth-order valence-electron chi connectivity index (χ4n) is 3.49. The van der Waals surface area contributed by atoms with Gasteiger partial charge < -0.3 is 60.4 Å². The maximum atomic E-state index is 10.5. The monoisotopic (exact) mass is 441 g/mol. The van der Waals surface area contributed by atoms with Crippen LogP contribution in [0.1, 0.15) is 25.7 Å². The summed E-state index contributed by atoms with van der Waals surface area (Å²) in [6.45, 7) is -0.356. The Morgan fingerprint density at radius 2 is 1.27 bits per heavy atom. The van der Waals surface area contributed by atoms with Crippen molar-refractivity contribution in [2.75, 3.05) is 26.4 Å². The molecular formula is C18H35NO11. The first-order valence-corrected chi connectivity index (χ1v) is 10.3. The first-order chi connectivity index (χ1) is 14.3. The van der Waals surface area contributed by atoms with Crippen LogP contribution >= 0.6 is 0 Å². The third-order valence-electron chi connectivity index (χ3n) is 5.34. The second-order valence-electron chi connectivity index (χ2n) is 7.58. The Morgan fingerprint density at radius 1 is 0.667 bits per heavy atom. The fourth-order valence-corrected chi connectivity index (χ4v) is 3.49. The SMILES string of the molecule is NCCCCCCO[C@@H]1OC(CO)[C@@H](O[C@@H]2OC(CO)[C@H](O)[C@H](O)C2O)[C@H](O)C1O. The summed E-state index contributed by atoms with van der Waals surface area (Å²) in [4.78, 5) is 0. The van der Waals surface area contributed by atoms with Crippen LogP contribution < -0.4 is 5.73 Å². The minimum Gasteiger partial charge on any atom is -0.394 e. The minimum atomic E-state index is -1.70. The van der Waals surface area contributed by atoms with Crippen LogP contribution in [0.2, 0.25) is 0 Å². The number of ether oxygens (including phenoxy) is 4. The van der Waals surface area contributed by atoms with Gasteiger partial charge in [0.05, 0.1) is 13.2 Å². The molecule has 2 rings (SSSR count). The smallest absolute Gasteiger partial charge is 0.187 e. The third kappa shape index (κ3) is 6.28. The summed E-state index contributed by atoms with van der Waals surface area (Å²) >= 11 is 0. The van der Waals surface area contributed by atoms with Crippen LogP contribution in [0.4, 0.5) is 0 Å². The molecule has 0 bridgehead atoms. The molecule has 0 aromatic rings. The number of aliphatic hydroxyl groups excluding tert-OH is 7. The van der Waals surface area contributed by atoms with Gasteiger partial charge in [-0.2, -0.15) is 0 Å². The Morgan fingerprint density at radius 3 is 1.90 bits per heavy atom. The standard InChI is InChI=1S/C18H35NO11/c19-5-3-1-2-4-6-27-17-15(26)13(24)16(10(8-21)29-17)30-18-14(25)12(23)11(22)9(7-20)28-18/h9-18,20-26H,1-8,19H2/t9?,10?,11-,12-,13+,14?,15?,16+,17+,18-/m0/s1. The maximum Gasteiger partial charge on any atom is 0.187 e. The van der Waals surface area contributed by atoms with Gasteiger partial charge >= 0.3 is 0 Å². The van der Waals surface area contributed by atoms with Gasteiger partial charge in [-0.1, -0.05) is 12.8 Å². The molecule has 0 aromatic carbocycles. The highest BCUT2D eigenvalue weighted by molar-refractivity contribution is 4.94. The van der Waals surface area contributed by atoms with Crippen molar-refractivity contribution in [3.8, 4) is 0 Å². The van der Waals surface area contributed by atoms with Crippen molar-refractivity contribution in [3.05, 3.63) is 0 Å².